The molecule has 0 radical (unpaired) electrons. The summed E-state index contributed by atoms with van der Waals surface area (Å²) in [6.45, 7) is 0. The average Bonchev–Trinajstić information content (AvgIpc) is 2.70. The normalized spacial score (nSPS) is 11.5. The topological polar surface area (TPSA) is 79.3 Å². The molecule has 0 fully saturated rings. The Balaban J connectivity index is 2.31. The number of carbonyl (C=O) groups excluding carboxylic acids is 1. The van der Waals surface area contributed by atoms with Crippen molar-refractivity contribution in [2.75, 3.05) is 5.32 Å². The number of benzene rings is 1. The number of fused-ring (bicyclic) bond motifs is 1. The Morgan fingerprint density at radius 1 is 1.32 bits per heavy atom. The van der Waals surface area contributed by atoms with Crippen LogP contribution in [0.15, 0.2) is 18.2 Å². The number of amides is 1. The van der Waals surface area contributed by atoms with Gasteiger partial charge in [-0.3, -0.25) is 4.79 Å². The molecule has 0 aliphatic rings. The maximum absolute atomic E-state index is 12.1. The van der Waals surface area contributed by atoms with Gasteiger partial charge in [-0.15, -0.1) is 11.3 Å². The van der Waals surface area contributed by atoms with Gasteiger partial charge in [-0.1, -0.05) is 0 Å². The van der Waals surface area contributed by atoms with Crippen LogP contribution in [0.1, 0.15) is 9.80 Å². The number of halogens is 3. The minimum Gasteiger partial charge on any atom is -0.476 e. The summed E-state index contributed by atoms with van der Waals surface area (Å²) >= 11 is 0.811. The fourth-order valence-electron chi connectivity index (χ4n) is 1.30. The molecule has 0 spiro atoms. The van der Waals surface area contributed by atoms with Crippen molar-refractivity contribution >= 4 is 39.1 Å². The van der Waals surface area contributed by atoms with E-state index in [0.717, 1.165) is 11.3 Å². The van der Waals surface area contributed by atoms with Crippen LogP contribution >= 0.6 is 11.3 Å². The highest BCUT2D eigenvalue weighted by Gasteiger charge is 2.38. The van der Waals surface area contributed by atoms with Crippen LogP contribution in [0.25, 0.3) is 10.2 Å². The Kier molecular flexibility index (Phi) is 3.14. The average molecular weight is 290 g/mol. The van der Waals surface area contributed by atoms with Crippen molar-refractivity contribution in [2.45, 2.75) is 6.18 Å². The zero-order valence-corrected chi connectivity index (χ0v) is 9.80. The first-order valence-corrected chi connectivity index (χ1v) is 5.61. The number of carboxylic acid groups (broad SMARTS) is 1. The summed E-state index contributed by atoms with van der Waals surface area (Å²) in [5.41, 5.74) is 0.267. The molecule has 0 saturated carbocycles. The number of hydrogen-bond acceptors (Lipinski definition) is 4. The Labute approximate surface area is 107 Å². The molecule has 1 aromatic heterocycles. The van der Waals surface area contributed by atoms with Crippen LogP contribution < -0.4 is 5.32 Å². The largest absolute Gasteiger partial charge is 0.476 e. The lowest BCUT2D eigenvalue weighted by molar-refractivity contribution is -0.167. The van der Waals surface area contributed by atoms with Gasteiger partial charge < -0.3 is 10.4 Å². The maximum atomic E-state index is 12.1. The van der Waals surface area contributed by atoms with Crippen LogP contribution in [0.4, 0.5) is 18.9 Å². The van der Waals surface area contributed by atoms with Crippen molar-refractivity contribution in [1.82, 2.24) is 4.98 Å². The maximum Gasteiger partial charge on any atom is 0.471 e. The molecule has 1 heterocycles. The van der Waals surface area contributed by atoms with Gasteiger partial charge >= 0.3 is 18.1 Å². The molecule has 0 aliphatic heterocycles. The first-order valence-electron chi connectivity index (χ1n) is 4.79. The van der Waals surface area contributed by atoms with Gasteiger partial charge in [0.1, 0.15) is 0 Å². The highest BCUT2D eigenvalue weighted by Crippen LogP contribution is 2.26. The molecular formula is C10H5F3N2O3S. The number of carboxylic acids is 1. The van der Waals surface area contributed by atoms with E-state index in [4.69, 9.17) is 5.11 Å². The summed E-state index contributed by atoms with van der Waals surface area (Å²) in [6.07, 6.45) is -4.98. The first kappa shape index (κ1) is 13.3. The van der Waals surface area contributed by atoms with E-state index >= 15 is 0 Å². The van der Waals surface area contributed by atoms with Crippen molar-refractivity contribution in [2.24, 2.45) is 0 Å². The lowest BCUT2D eigenvalue weighted by Gasteiger charge is -2.07. The lowest BCUT2D eigenvalue weighted by Crippen LogP contribution is -2.29. The van der Waals surface area contributed by atoms with Gasteiger partial charge in [0.2, 0.25) is 5.01 Å². The fraction of sp³-hybridized carbons (Fsp3) is 0.100. The van der Waals surface area contributed by atoms with Crippen LogP contribution in [0.2, 0.25) is 0 Å². The predicted molar refractivity (Wildman–Crippen MR) is 61.3 cm³/mol. The summed E-state index contributed by atoms with van der Waals surface area (Å²) in [4.78, 5) is 25.2. The van der Waals surface area contributed by atoms with E-state index in [-0.39, 0.29) is 10.7 Å². The van der Waals surface area contributed by atoms with Gasteiger partial charge in [0, 0.05) is 5.69 Å². The van der Waals surface area contributed by atoms with E-state index in [9.17, 15) is 22.8 Å². The number of alkyl halides is 3. The predicted octanol–water partition coefficient (Wildman–Crippen LogP) is 2.50. The van der Waals surface area contributed by atoms with Crippen molar-refractivity contribution < 1.29 is 27.9 Å². The molecule has 100 valence electrons. The number of carbonyl (C=O) groups is 2. The zero-order chi connectivity index (χ0) is 14.2. The highest BCUT2D eigenvalue weighted by atomic mass is 32.1. The number of aromatic carboxylic acids is 1. The highest BCUT2D eigenvalue weighted by molar-refractivity contribution is 7.20. The number of thiazole rings is 1. The molecule has 2 aromatic rings. The van der Waals surface area contributed by atoms with Crippen LogP contribution in [-0.4, -0.2) is 28.1 Å². The third-order valence-electron chi connectivity index (χ3n) is 2.09. The Morgan fingerprint density at radius 3 is 2.58 bits per heavy atom. The SMILES string of the molecule is O=C(O)c1nc2ccc(NC(=O)C(F)(F)F)cc2s1. The van der Waals surface area contributed by atoms with Crippen LogP contribution in [0.3, 0.4) is 0 Å². The third kappa shape index (κ3) is 2.81. The number of rotatable bonds is 2. The quantitative estimate of drug-likeness (QED) is 0.890. The van der Waals surface area contributed by atoms with Gasteiger partial charge in [-0.05, 0) is 18.2 Å². The van der Waals surface area contributed by atoms with Gasteiger partial charge in [0.15, 0.2) is 0 Å². The molecule has 19 heavy (non-hydrogen) atoms. The molecule has 0 atom stereocenters. The molecule has 9 heteroatoms. The number of hydrogen-bond donors (Lipinski definition) is 2. The number of nitrogens with zero attached hydrogens (tertiary/aromatic N) is 1. The van der Waals surface area contributed by atoms with Crippen molar-refractivity contribution in [1.29, 1.82) is 0 Å². The molecule has 5 nitrogen and oxygen atoms in total. The van der Waals surface area contributed by atoms with Crippen LogP contribution in [0, 0.1) is 0 Å². The summed E-state index contributed by atoms with van der Waals surface area (Å²) < 4.78 is 36.6. The third-order valence-corrected chi connectivity index (χ3v) is 3.09. The smallest absolute Gasteiger partial charge is 0.471 e. The second kappa shape index (κ2) is 4.50. The van der Waals surface area contributed by atoms with E-state index in [2.05, 4.69) is 4.98 Å². The minimum absolute atomic E-state index is 0.0737. The fourth-order valence-corrected chi connectivity index (χ4v) is 2.14. The van der Waals surface area contributed by atoms with E-state index in [1.807, 2.05) is 0 Å². The van der Waals surface area contributed by atoms with Crippen molar-refractivity contribution in [3.63, 3.8) is 0 Å². The van der Waals surface area contributed by atoms with Crippen LogP contribution in [0.5, 0.6) is 0 Å². The molecule has 1 aromatic carbocycles. The number of anilines is 1. The Hall–Kier alpha value is -2.16. The lowest BCUT2D eigenvalue weighted by atomic mass is 10.3. The second-order valence-corrected chi connectivity index (χ2v) is 4.49. The summed E-state index contributed by atoms with van der Waals surface area (Å²) in [5.74, 6) is -3.31. The van der Waals surface area contributed by atoms with Gasteiger partial charge in [-0.25, -0.2) is 9.78 Å². The monoisotopic (exact) mass is 290 g/mol. The van der Waals surface area contributed by atoms with Gasteiger partial charge in [-0.2, -0.15) is 13.2 Å². The number of nitrogens with one attached hydrogen (secondary N) is 1. The van der Waals surface area contributed by atoms with Gasteiger partial charge in [0.25, 0.3) is 0 Å². The van der Waals surface area contributed by atoms with Crippen molar-refractivity contribution in [3.05, 3.63) is 23.2 Å². The molecule has 0 aliphatic carbocycles. The molecule has 1 amide bonds. The second-order valence-electron chi connectivity index (χ2n) is 3.46. The molecule has 0 unspecified atom stereocenters. The van der Waals surface area contributed by atoms with E-state index in [1.54, 1.807) is 5.32 Å². The Morgan fingerprint density at radius 2 is 2.00 bits per heavy atom. The number of aromatic nitrogens is 1. The zero-order valence-electron chi connectivity index (χ0n) is 8.99. The molecule has 2 N–H and O–H groups in total. The van der Waals surface area contributed by atoms with Gasteiger partial charge in [0.05, 0.1) is 10.2 Å². The Bertz CT molecular complexity index is 666. The standard InChI is InChI=1S/C10H5F3N2O3S/c11-10(12,13)9(18)14-4-1-2-5-6(3-4)19-7(15-5)8(16)17/h1-3H,(H,14,18)(H,16,17). The molecule has 0 bridgehead atoms. The summed E-state index contributed by atoms with van der Waals surface area (Å²) in [6, 6.07) is 3.80. The molecule has 0 saturated heterocycles. The summed E-state index contributed by atoms with van der Waals surface area (Å²) in [5, 5.41) is 10.2. The van der Waals surface area contributed by atoms with Crippen LogP contribution in [-0.2, 0) is 4.79 Å². The molecule has 2 rings (SSSR count). The van der Waals surface area contributed by atoms with E-state index in [0.29, 0.717) is 10.2 Å². The summed E-state index contributed by atoms with van der Waals surface area (Å²) in [7, 11) is 0. The first-order chi connectivity index (χ1) is 8.77. The minimum atomic E-state index is -4.98. The van der Waals surface area contributed by atoms with Crippen molar-refractivity contribution in [3.8, 4) is 0 Å². The van der Waals surface area contributed by atoms with E-state index in [1.165, 1.54) is 18.2 Å². The van der Waals surface area contributed by atoms with E-state index < -0.39 is 18.1 Å². The molecular weight excluding hydrogens is 285 g/mol.